The third-order valence-electron chi connectivity index (χ3n) is 5.32. The molecule has 150 valence electrons. The number of hydrogen-bond acceptors (Lipinski definition) is 3. The molecule has 6 heteroatoms. The highest BCUT2D eigenvalue weighted by Crippen LogP contribution is 2.26. The maximum Gasteiger partial charge on any atom is 0.240 e. The van der Waals surface area contributed by atoms with E-state index in [0.29, 0.717) is 11.6 Å². The lowest BCUT2D eigenvalue weighted by molar-refractivity contribution is 0.567. The molecule has 4 nitrogen and oxygen atoms in total. The van der Waals surface area contributed by atoms with Crippen LogP contribution >= 0.6 is 11.6 Å². The predicted octanol–water partition coefficient (Wildman–Crippen LogP) is 4.95. The molecule has 1 aliphatic rings. The summed E-state index contributed by atoms with van der Waals surface area (Å²) in [6.07, 6.45) is 2.05. The van der Waals surface area contributed by atoms with Gasteiger partial charge in [-0.2, -0.15) is 0 Å². The maximum atomic E-state index is 12.8. The number of anilines is 1. The van der Waals surface area contributed by atoms with Crippen molar-refractivity contribution >= 4 is 27.3 Å². The van der Waals surface area contributed by atoms with E-state index in [4.69, 9.17) is 11.6 Å². The highest BCUT2D eigenvalue weighted by Gasteiger charge is 2.26. The molecule has 4 rings (SSSR count). The molecule has 0 radical (unpaired) electrons. The van der Waals surface area contributed by atoms with Gasteiger partial charge in [-0.3, -0.25) is 0 Å². The van der Waals surface area contributed by atoms with Crippen LogP contribution in [0.3, 0.4) is 0 Å². The SMILES string of the molecule is O=S(=O)(NCC1CCCN1c1ccccc1)c1ccc(-c2ccc(Cl)cc2)cc1. The van der Waals surface area contributed by atoms with Gasteiger partial charge in [-0.25, -0.2) is 13.1 Å². The summed E-state index contributed by atoms with van der Waals surface area (Å²) in [6.45, 7) is 1.35. The van der Waals surface area contributed by atoms with Gasteiger partial charge in [0.15, 0.2) is 0 Å². The van der Waals surface area contributed by atoms with Gasteiger partial charge < -0.3 is 4.90 Å². The van der Waals surface area contributed by atoms with Crippen molar-refractivity contribution in [1.82, 2.24) is 4.72 Å². The molecule has 29 heavy (non-hydrogen) atoms. The van der Waals surface area contributed by atoms with Gasteiger partial charge in [0.1, 0.15) is 0 Å². The van der Waals surface area contributed by atoms with Gasteiger partial charge in [0.25, 0.3) is 0 Å². The first-order valence-electron chi connectivity index (χ1n) is 9.70. The van der Waals surface area contributed by atoms with Crippen LogP contribution < -0.4 is 9.62 Å². The van der Waals surface area contributed by atoms with E-state index in [-0.39, 0.29) is 10.9 Å². The topological polar surface area (TPSA) is 49.4 Å². The van der Waals surface area contributed by atoms with Crippen LogP contribution in [0.25, 0.3) is 11.1 Å². The van der Waals surface area contributed by atoms with Crippen molar-refractivity contribution in [3.63, 3.8) is 0 Å². The van der Waals surface area contributed by atoms with Crippen molar-refractivity contribution in [2.75, 3.05) is 18.0 Å². The second-order valence-electron chi connectivity index (χ2n) is 7.21. The summed E-state index contributed by atoms with van der Waals surface area (Å²) in [5.41, 5.74) is 3.09. The molecule has 0 aliphatic carbocycles. The van der Waals surface area contributed by atoms with E-state index in [9.17, 15) is 8.42 Å². The lowest BCUT2D eigenvalue weighted by Crippen LogP contribution is -2.40. The molecule has 0 saturated carbocycles. The van der Waals surface area contributed by atoms with E-state index >= 15 is 0 Å². The lowest BCUT2D eigenvalue weighted by Gasteiger charge is -2.27. The number of hydrogen-bond donors (Lipinski definition) is 1. The van der Waals surface area contributed by atoms with Crippen molar-refractivity contribution in [3.8, 4) is 11.1 Å². The van der Waals surface area contributed by atoms with Crippen LogP contribution in [0, 0.1) is 0 Å². The minimum atomic E-state index is -3.56. The first-order valence-corrected chi connectivity index (χ1v) is 11.6. The van der Waals surface area contributed by atoms with E-state index in [0.717, 1.165) is 36.2 Å². The third kappa shape index (κ3) is 4.64. The molecule has 1 atom stereocenters. The summed E-state index contributed by atoms with van der Waals surface area (Å²) in [4.78, 5) is 2.56. The minimum absolute atomic E-state index is 0.167. The minimum Gasteiger partial charge on any atom is -0.367 e. The first-order chi connectivity index (χ1) is 14.0. The molecular weight excluding hydrogens is 404 g/mol. The number of rotatable bonds is 6. The Hall–Kier alpha value is -2.34. The molecule has 0 spiro atoms. The van der Waals surface area contributed by atoms with Gasteiger partial charge in [0, 0.05) is 29.8 Å². The number of nitrogens with zero attached hydrogens (tertiary/aromatic N) is 1. The number of halogens is 1. The van der Waals surface area contributed by atoms with E-state index in [1.807, 2.05) is 54.6 Å². The quantitative estimate of drug-likeness (QED) is 0.606. The Balaban J connectivity index is 1.44. The van der Waals surface area contributed by atoms with Crippen LogP contribution in [0.5, 0.6) is 0 Å². The average molecular weight is 427 g/mol. The summed E-state index contributed by atoms with van der Waals surface area (Å²) in [5.74, 6) is 0. The highest BCUT2D eigenvalue weighted by atomic mass is 35.5. The lowest BCUT2D eigenvalue weighted by atomic mass is 10.1. The fraction of sp³-hybridized carbons (Fsp3) is 0.217. The van der Waals surface area contributed by atoms with Crippen molar-refractivity contribution in [2.24, 2.45) is 0 Å². The van der Waals surface area contributed by atoms with Gasteiger partial charge in [-0.1, -0.05) is 54.1 Å². The standard InChI is InChI=1S/C23H23ClN2O2S/c24-20-12-8-18(9-13-20)19-10-14-23(15-11-19)29(27,28)25-17-22-7-4-16-26(22)21-5-2-1-3-6-21/h1-3,5-6,8-15,22,25H,4,7,16-17H2. The summed E-state index contributed by atoms with van der Waals surface area (Å²) in [6, 6.07) is 24.8. The molecule has 1 unspecified atom stereocenters. The van der Waals surface area contributed by atoms with Gasteiger partial charge in [0.2, 0.25) is 10.0 Å². The van der Waals surface area contributed by atoms with Crippen molar-refractivity contribution in [1.29, 1.82) is 0 Å². The van der Waals surface area contributed by atoms with Crippen LogP contribution in [0.15, 0.2) is 83.8 Å². The number of para-hydroxylation sites is 1. The van der Waals surface area contributed by atoms with Crippen LogP contribution in [0.4, 0.5) is 5.69 Å². The Morgan fingerprint density at radius 3 is 2.17 bits per heavy atom. The van der Waals surface area contributed by atoms with E-state index in [1.54, 1.807) is 12.1 Å². The first kappa shape index (κ1) is 20.0. The van der Waals surface area contributed by atoms with Crippen molar-refractivity contribution < 1.29 is 8.42 Å². The number of benzene rings is 3. The summed E-state index contributed by atoms with van der Waals surface area (Å²) < 4.78 is 28.4. The van der Waals surface area contributed by atoms with Gasteiger partial charge in [-0.05, 0) is 60.4 Å². The smallest absolute Gasteiger partial charge is 0.240 e. The van der Waals surface area contributed by atoms with E-state index in [2.05, 4.69) is 21.8 Å². The summed E-state index contributed by atoms with van der Waals surface area (Å²) in [5, 5.41) is 0.675. The van der Waals surface area contributed by atoms with Crippen LogP contribution in [0.2, 0.25) is 5.02 Å². The monoisotopic (exact) mass is 426 g/mol. The molecule has 1 heterocycles. The van der Waals surface area contributed by atoms with Gasteiger partial charge in [0.05, 0.1) is 4.90 Å². The van der Waals surface area contributed by atoms with Gasteiger partial charge >= 0.3 is 0 Å². The second-order valence-corrected chi connectivity index (χ2v) is 9.41. The zero-order valence-electron chi connectivity index (χ0n) is 16.0. The number of nitrogens with one attached hydrogen (secondary N) is 1. The van der Waals surface area contributed by atoms with Crippen molar-refractivity contribution in [3.05, 3.63) is 83.9 Å². The molecule has 0 aromatic heterocycles. The van der Waals surface area contributed by atoms with Crippen LogP contribution in [-0.4, -0.2) is 27.5 Å². The Kier molecular flexibility index (Phi) is 5.90. The largest absolute Gasteiger partial charge is 0.367 e. The molecule has 1 N–H and O–H groups in total. The zero-order valence-corrected chi connectivity index (χ0v) is 17.5. The molecule has 1 fully saturated rings. The Morgan fingerprint density at radius 1 is 0.897 bits per heavy atom. The van der Waals surface area contributed by atoms with E-state index in [1.165, 1.54) is 0 Å². The predicted molar refractivity (Wildman–Crippen MR) is 119 cm³/mol. The zero-order chi connectivity index (χ0) is 20.3. The fourth-order valence-corrected chi connectivity index (χ4v) is 4.96. The Labute approximate surface area is 177 Å². The average Bonchev–Trinajstić information content (AvgIpc) is 3.22. The summed E-state index contributed by atoms with van der Waals surface area (Å²) >= 11 is 5.93. The van der Waals surface area contributed by atoms with Crippen LogP contribution in [-0.2, 0) is 10.0 Å². The molecule has 1 saturated heterocycles. The summed E-state index contributed by atoms with van der Waals surface area (Å²) in [7, 11) is -3.56. The molecule has 1 aliphatic heterocycles. The Morgan fingerprint density at radius 2 is 1.52 bits per heavy atom. The normalized spacial score (nSPS) is 16.9. The molecule has 3 aromatic carbocycles. The van der Waals surface area contributed by atoms with Crippen LogP contribution in [0.1, 0.15) is 12.8 Å². The Bertz CT molecular complexity index is 1050. The molecule has 3 aromatic rings. The third-order valence-corrected chi connectivity index (χ3v) is 7.01. The van der Waals surface area contributed by atoms with Gasteiger partial charge in [-0.15, -0.1) is 0 Å². The number of sulfonamides is 1. The molecule has 0 amide bonds. The fourth-order valence-electron chi connectivity index (χ4n) is 3.77. The van der Waals surface area contributed by atoms with E-state index < -0.39 is 10.0 Å². The van der Waals surface area contributed by atoms with Crippen molar-refractivity contribution in [2.45, 2.75) is 23.8 Å². The molecule has 0 bridgehead atoms. The highest BCUT2D eigenvalue weighted by molar-refractivity contribution is 7.89. The molecular formula is C23H23ClN2O2S. The second kappa shape index (κ2) is 8.57. The maximum absolute atomic E-state index is 12.8.